The first-order valence-corrected chi connectivity index (χ1v) is 13.8. The van der Waals surface area contributed by atoms with Gasteiger partial charge in [-0.15, -0.1) is 0 Å². The predicted octanol–water partition coefficient (Wildman–Crippen LogP) is 4.36. The molecule has 0 aliphatic rings. The van der Waals surface area contributed by atoms with E-state index in [1.165, 1.54) is 9.80 Å². The lowest BCUT2D eigenvalue weighted by Gasteiger charge is -2.34. The molecule has 3 N–H and O–H groups in total. The van der Waals surface area contributed by atoms with Gasteiger partial charge in [0.1, 0.15) is 12.1 Å². The van der Waals surface area contributed by atoms with Gasteiger partial charge < -0.3 is 20.9 Å². The molecule has 4 rings (SSSR count). The van der Waals surface area contributed by atoms with E-state index in [0.29, 0.717) is 12.0 Å². The summed E-state index contributed by atoms with van der Waals surface area (Å²) >= 11 is 0. The Hall–Kier alpha value is -4.49. The van der Waals surface area contributed by atoms with Gasteiger partial charge in [0.15, 0.2) is 0 Å². The SMILES string of the molecule is CNC(=O)C(Cc1ccccc1)N(C)C(=O)C(Cc1ccc2ccccc2c1)N(C)C(=O)c1cccc(C(C)N)c1. The monoisotopic (exact) mass is 550 g/mol. The number of hydrogen-bond acceptors (Lipinski definition) is 4. The highest BCUT2D eigenvalue weighted by Gasteiger charge is 2.35. The zero-order chi connectivity index (χ0) is 29.5. The van der Waals surface area contributed by atoms with E-state index in [1.54, 1.807) is 39.3 Å². The van der Waals surface area contributed by atoms with Crippen molar-refractivity contribution in [1.29, 1.82) is 0 Å². The van der Waals surface area contributed by atoms with E-state index in [4.69, 9.17) is 5.73 Å². The number of amides is 3. The Labute approximate surface area is 242 Å². The number of fused-ring (bicyclic) bond motifs is 1. The molecule has 41 heavy (non-hydrogen) atoms. The zero-order valence-corrected chi connectivity index (χ0v) is 24.1. The van der Waals surface area contributed by atoms with Crippen molar-refractivity contribution in [2.45, 2.75) is 37.9 Å². The molecule has 0 spiro atoms. The fraction of sp³-hybridized carbons (Fsp3) is 0.265. The second-order valence-electron chi connectivity index (χ2n) is 10.5. The molecule has 0 aromatic heterocycles. The molecule has 7 heteroatoms. The number of nitrogens with zero attached hydrogens (tertiary/aromatic N) is 2. The van der Waals surface area contributed by atoms with Crippen molar-refractivity contribution in [3.63, 3.8) is 0 Å². The van der Waals surface area contributed by atoms with Crippen LogP contribution in [0.4, 0.5) is 0 Å². The van der Waals surface area contributed by atoms with Gasteiger partial charge in [0.05, 0.1) is 0 Å². The maximum absolute atomic E-state index is 14.2. The van der Waals surface area contributed by atoms with Crippen LogP contribution in [0.1, 0.15) is 40.0 Å². The van der Waals surface area contributed by atoms with Crippen LogP contribution in [0.25, 0.3) is 10.8 Å². The third-order valence-electron chi connectivity index (χ3n) is 7.61. The molecule has 3 unspecified atom stereocenters. The molecular formula is C34H38N4O3. The lowest BCUT2D eigenvalue weighted by molar-refractivity contribution is -0.142. The normalized spacial score (nSPS) is 13.2. The number of rotatable bonds is 10. The number of benzene rings is 4. The average molecular weight is 551 g/mol. The highest BCUT2D eigenvalue weighted by Crippen LogP contribution is 2.21. The van der Waals surface area contributed by atoms with Crippen LogP contribution in [0.3, 0.4) is 0 Å². The second kappa shape index (κ2) is 13.2. The van der Waals surface area contributed by atoms with Crippen molar-refractivity contribution >= 4 is 28.5 Å². The standard InChI is InChI=1S/C34H38N4O3/c1-23(35)27-15-10-16-29(22-27)33(40)38(4)31(21-25-17-18-26-13-8-9-14-28(26)19-25)34(41)37(3)30(32(39)36-2)20-24-11-6-5-7-12-24/h5-19,22-23,30-31H,20-21,35H2,1-4H3,(H,36,39). The Morgan fingerprint density at radius 1 is 0.732 bits per heavy atom. The summed E-state index contributed by atoms with van der Waals surface area (Å²) in [7, 11) is 4.84. The van der Waals surface area contributed by atoms with Crippen molar-refractivity contribution < 1.29 is 14.4 Å². The van der Waals surface area contributed by atoms with Gasteiger partial charge in [-0.25, -0.2) is 0 Å². The summed E-state index contributed by atoms with van der Waals surface area (Å²) in [4.78, 5) is 44.0. The number of carbonyl (C=O) groups excluding carboxylic acids is 3. The molecule has 0 saturated heterocycles. The van der Waals surface area contributed by atoms with E-state index in [-0.39, 0.29) is 30.2 Å². The Morgan fingerprint density at radius 2 is 1.39 bits per heavy atom. The largest absolute Gasteiger partial charge is 0.357 e. The van der Waals surface area contributed by atoms with Gasteiger partial charge in [-0.1, -0.05) is 84.9 Å². The van der Waals surface area contributed by atoms with Crippen molar-refractivity contribution in [2.24, 2.45) is 5.73 Å². The summed E-state index contributed by atoms with van der Waals surface area (Å²) in [5.41, 5.74) is 9.21. The van der Waals surface area contributed by atoms with Gasteiger partial charge in [0.2, 0.25) is 11.8 Å². The number of carbonyl (C=O) groups is 3. The first-order chi connectivity index (χ1) is 19.7. The van der Waals surface area contributed by atoms with Crippen LogP contribution >= 0.6 is 0 Å². The van der Waals surface area contributed by atoms with E-state index >= 15 is 0 Å². The number of hydrogen-bond donors (Lipinski definition) is 2. The summed E-state index contributed by atoms with van der Waals surface area (Å²) in [5, 5.41) is 4.84. The number of likely N-dealkylation sites (N-methyl/N-ethyl adjacent to an activating group) is 3. The maximum Gasteiger partial charge on any atom is 0.254 e. The highest BCUT2D eigenvalue weighted by atomic mass is 16.2. The van der Waals surface area contributed by atoms with Crippen LogP contribution in [0.15, 0.2) is 97.1 Å². The second-order valence-corrected chi connectivity index (χ2v) is 10.5. The molecule has 0 bridgehead atoms. The minimum atomic E-state index is -0.851. The average Bonchev–Trinajstić information content (AvgIpc) is 3.01. The smallest absolute Gasteiger partial charge is 0.254 e. The molecule has 0 fully saturated rings. The number of nitrogens with two attached hydrogens (primary N) is 1. The summed E-state index contributed by atoms with van der Waals surface area (Å²) in [6.45, 7) is 1.86. The van der Waals surface area contributed by atoms with Gasteiger partial charge >= 0.3 is 0 Å². The van der Waals surface area contributed by atoms with Gasteiger partial charge in [0.25, 0.3) is 5.91 Å². The fourth-order valence-electron chi connectivity index (χ4n) is 5.08. The Morgan fingerprint density at radius 3 is 2.07 bits per heavy atom. The molecule has 0 radical (unpaired) electrons. The van der Waals surface area contributed by atoms with Gasteiger partial charge in [-0.2, -0.15) is 0 Å². The Balaban J connectivity index is 1.70. The maximum atomic E-state index is 14.2. The molecule has 7 nitrogen and oxygen atoms in total. The van der Waals surface area contributed by atoms with Gasteiger partial charge in [0, 0.05) is 45.6 Å². The Kier molecular flexibility index (Phi) is 9.53. The summed E-state index contributed by atoms with van der Waals surface area (Å²) in [6, 6.07) is 29.0. The molecule has 0 aliphatic heterocycles. The fourth-order valence-corrected chi connectivity index (χ4v) is 5.08. The third kappa shape index (κ3) is 6.99. The topological polar surface area (TPSA) is 95.7 Å². The highest BCUT2D eigenvalue weighted by molar-refractivity contribution is 5.98. The van der Waals surface area contributed by atoms with Crippen LogP contribution in [0.5, 0.6) is 0 Å². The first-order valence-electron chi connectivity index (χ1n) is 13.8. The zero-order valence-electron chi connectivity index (χ0n) is 24.1. The van der Waals surface area contributed by atoms with E-state index in [1.807, 2.05) is 85.8 Å². The predicted molar refractivity (Wildman–Crippen MR) is 163 cm³/mol. The van der Waals surface area contributed by atoms with E-state index in [2.05, 4.69) is 5.32 Å². The van der Waals surface area contributed by atoms with Crippen LogP contribution in [-0.2, 0) is 22.4 Å². The van der Waals surface area contributed by atoms with Crippen LogP contribution in [-0.4, -0.2) is 60.7 Å². The van der Waals surface area contributed by atoms with Crippen molar-refractivity contribution in [3.05, 3.63) is 119 Å². The van der Waals surface area contributed by atoms with Crippen LogP contribution in [0, 0.1) is 0 Å². The minimum Gasteiger partial charge on any atom is -0.357 e. The molecule has 0 saturated carbocycles. The Bertz CT molecular complexity index is 1520. The van der Waals surface area contributed by atoms with Crippen LogP contribution < -0.4 is 11.1 Å². The summed E-state index contributed by atoms with van der Waals surface area (Å²) in [5.74, 6) is -0.880. The molecule has 212 valence electrons. The lowest BCUT2D eigenvalue weighted by Crippen LogP contribution is -2.55. The van der Waals surface area contributed by atoms with Crippen molar-refractivity contribution in [1.82, 2.24) is 15.1 Å². The molecule has 4 aromatic rings. The van der Waals surface area contributed by atoms with E-state index in [0.717, 1.165) is 27.5 Å². The summed E-state index contributed by atoms with van der Waals surface area (Å²) in [6.07, 6.45) is 0.634. The summed E-state index contributed by atoms with van der Waals surface area (Å²) < 4.78 is 0. The van der Waals surface area contributed by atoms with Gasteiger partial charge in [-0.05, 0) is 46.5 Å². The quantitative estimate of drug-likeness (QED) is 0.307. The first kappa shape index (κ1) is 29.5. The molecule has 3 amide bonds. The minimum absolute atomic E-state index is 0.236. The van der Waals surface area contributed by atoms with E-state index < -0.39 is 12.1 Å². The van der Waals surface area contributed by atoms with Crippen LogP contribution in [0.2, 0.25) is 0 Å². The molecule has 0 heterocycles. The van der Waals surface area contributed by atoms with Crippen molar-refractivity contribution in [2.75, 3.05) is 21.1 Å². The van der Waals surface area contributed by atoms with Crippen molar-refractivity contribution in [3.8, 4) is 0 Å². The molecule has 3 atom stereocenters. The molecule has 4 aromatic carbocycles. The molecular weight excluding hydrogens is 512 g/mol. The third-order valence-corrected chi connectivity index (χ3v) is 7.61. The van der Waals surface area contributed by atoms with Gasteiger partial charge in [-0.3, -0.25) is 14.4 Å². The van der Waals surface area contributed by atoms with E-state index in [9.17, 15) is 14.4 Å². The molecule has 0 aliphatic carbocycles. The lowest BCUT2D eigenvalue weighted by atomic mass is 9.97. The number of nitrogens with one attached hydrogen (secondary N) is 1.